The Morgan fingerprint density at radius 2 is 1.89 bits per heavy atom. The average Bonchev–Trinajstić information content (AvgIpc) is 2.46. The fraction of sp³-hybridized carbons (Fsp3) is 0.0667. The van der Waals surface area contributed by atoms with Crippen molar-refractivity contribution >= 4 is 12.0 Å². The second-order valence-corrected chi connectivity index (χ2v) is 4.00. The zero-order valence-corrected chi connectivity index (χ0v) is 10.1. The lowest BCUT2D eigenvalue weighted by Crippen LogP contribution is -2.11. The van der Waals surface area contributed by atoms with Crippen LogP contribution in [0.1, 0.15) is 17.2 Å². The molecule has 1 heterocycles. The number of hydrogen-bond donors (Lipinski definition) is 2. The van der Waals surface area contributed by atoms with E-state index < -0.39 is 12.1 Å². The Morgan fingerprint density at radius 1 is 1.16 bits per heavy atom. The molecule has 0 aliphatic carbocycles. The van der Waals surface area contributed by atoms with Crippen molar-refractivity contribution < 1.29 is 15.0 Å². The lowest BCUT2D eigenvalue weighted by molar-refractivity contribution is -0.133. The van der Waals surface area contributed by atoms with E-state index >= 15 is 0 Å². The highest BCUT2D eigenvalue weighted by molar-refractivity contribution is 5.93. The third-order valence-corrected chi connectivity index (χ3v) is 2.66. The quantitative estimate of drug-likeness (QED) is 0.822. The monoisotopic (exact) mass is 255 g/mol. The maximum atomic E-state index is 11.3. The Kier molecular flexibility index (Phi) is 4.05. The smallest absolute Gasteiger partial charge is 0.334 e. The standard InChI is InChI=1S/C15H13NO3/c17-14(12-7-4-8-16-10-12)13(15(18)19)9-11-5-2-1-3-6-11/h1-10,14,17H,(H,18,19). The van der Waals surface area contributed by atoms with Gasteiger partial charge in [0.2, 0.25) is 0 Å². The topological polar surface area (TPSA) is 70.4 Å². The van der Waals surface area contributed by atoms with E-state index in [4.69, 9.17) is 0 Å². The molecule has 2 rings (SSSR count). The van der Waals surface area contributed by atoms with E-state index in [0.29, 0.717) is 5.56 Å². The van der Waals surface area contributed by atoms with Crippen molar-refractivity contribution in [3.8, 4) is 0 Å². The Hall–Kier alpha value is -2.46. The van der Waals surface area contributed by atoms with Crippen molar-refractivity contribution in [2.75, 3.05) is 0 Å². The summed E-state index contributed by atoms with van der Waals surface area (Å²) < 4.78 is 0. The van der Waals surface area contributed by atoms with Gasteiger partial charge in [-0.3, -0.25) is 4.98 Å². The molecule has 0 saturated carbocycles. The Labute approximate surface area is 110 Å². The summed E-state index contributed by atoms with van der Waals surface area (Å²) in [4.78, 5) is 15.1. The second-order valence-electron chi connectivity index (χ2n) is 4.00. The number of aromatic nitrogens is 1. The molecule has 0 fully saturated rings. The molecule has 4 heteroatoms. The molecule has 0 amide bonds. The zero-order chi connectivity index (χ0) is 13.7. The fourth-order valence-corrected chi connectivity index (χ4v) is 1.70. The van der Waals surface area contributed by atoms with Crippen LogP contribution in [0.3, 0.4) is 0 Å². The summed E-state index contributed by atoms with van der Waals surface area (Å²) in [6.07, 6.45) is 3.27. The minimum atomic E-state index is -1.20. The summed E-state index contributed by atoms with van der Waals surface area (Å²) in [6, 6.07) is 12.3. The molecule has 1 aromatic carbocycles. The van der Waals surface area contributed by atoms with Crippen LogP contribution < -0.4 is 0 Å². The van der Waals surface area contributed by atoms with E-state index in [1.807, 2.05) is 18.2 Å². The molecule has 96 valence electrons. The molecule has 0 spiro atoms. The van der Waals surface area contributed by atoms with Crippen molar-refractivity contribution in [3.05, 3.63) is 71.6 Å². The molecule has 19 heavy (non-hydrogen) atoms. The molecule has 4 nitrogen and oxygen atoms in total. The normalized spacial score (nSPS) is 13.0. The van der Waals surface area contributed by atoms with E-state index in [0.717, 1.165) is 5.56 Å². The third kappa shape index (κ3) is 3.26. The second kappa shape index (κ2) is 5.93. The number of rotatable bonds is 4. The highest BCUT2D eigenvalue weighted by atomic mass is 16.4. The van der Waals surface area contributed by atoms with Gasteiger partial charge in [-0.25, -0.2) is 4.79 Å². The number of nitrogens with zero attached hydrogens (tertiary/aromatic N) is 1. The number of benzene rings is 1. The summed E-state index contributed by atoms with van der Waals surface area (Å²) in [7, 11) is 0. The minimum Gasteiger partial charge on any atom is -0.478 e. The highest BCUT2D eigenvalue weighted by Crippen LogP contribution is 2.23. The van der Waals surface area contributed by atoms with E-state index in [9.17, 15) is 15.0 Å². The molecule has 0 aliphatic rings. The summed E-state index contributed by atoms with van der Waals surface area (Å²) in [5, 5.41) is 19.3. The van der Waals surface area contributed by atoms with Crippen LogP contribution in [-0.4, -0.2) is 21.2 Å². The SMILES string of the molecule is O=C(O)C(=Cc1ccccc1)C(O)c1cccnc1. The van der Waals surface area contributed by atoms with Gasteiger partial charge in [-0.15, -0.1) is 0 Å². The lowest BCUT2D eigenvalue weighted by atomic mass is 10.0. The van der Waals surface area contributed by atoms with Crippen molar-refractivity contribution in [2.45, 2.75) is 6.10 Å². The van der Waals surface area contributed by atoms with Crippen molar-refractivity contribution in [1.29, 1.82) is 0 Å². The number of aliphatic hydroxyl groups is 1. The third-order valence-electron chi connectivity index (χ3n) is 2.66. The summed E-state index contributed by atoms with van der Waals surface area (Å²) in [6.45, 7) is 0. The molecule has 1 atom stereocenters. The molecule has 1 unspecified atom stereocenters. The van der Waals surface area contributed by atoms with Crippen LogP contribution in [0, 0.1) is 0 Å². The first-order valence-electron chi connectivity index (χ1n) is 5.76. The van der Waals surface area contributed by atoms with Crippen LogP contribution in [0.5, 0.6) is 0 Å². The average molecular weight is 255 g/mol. The van der Waals surface area contributed by atoms with E-state index in [1.54, 1.807) is 30.5 Å². The first-order valence-corrected chi connectivity index (χ1v) is 5.76. The van der Waals surface area contributed by atoms with Crippen LogP contribution >= 0.6 is 0 Å². The summed E-state index contributed by atoms with van der Waals surface area (Å²) in [5.74, 6) is -1.15. The van der Waals surface area contributed by atoms with Gasteiger partial charge in [-0.05, 0) is 17.7 Å². The number of aliphatic carboxylic acids is 1. The van der Waals surface area contributed by atoms with Gasteiger partial charge in [0.15, 0.2) is 0 Å². The van der Waals surface area contributed by atoms with Gasteiger partial charge in [0.1, 0.15) is 6.10 Å². The van der Waals surface area contributed by atoms with Crippen molar-refractivity contribution in [3.63, 3.8) is 0 Å². The maximum Gasteiger partial charge on any atom is 0.334 e. The van der Waals surface area contributed by atoms with Gasteiger partial charge < -0.3 is 10.2 Å². The number of carboxylic acid groups (broad SMARTS) is 1. The number of hydrogen-bond acceptors (Lipinski definition) is 3. The number of carboxylic acids is 1. The van der Waals surface area contributed by atoms with Crippen LogP contribution in [0.25, 0.3) is 6.08 Å². The number of pyridine rings is 1. The molecule has 1 aromatic heterocycles. The molecule has 0 bridgehead atoms. The Balaban J connectivity index is 2.36. The molecule has 0 aliphatic heterocycles. The lowest BCUT2D eigenvalue weighted by Gasteiger charge is -2.11. The molecule has 2 N–H and O–H groups in total. The van der Waals surface area contributed by atoms with Gasteiger partial charge in [0, 0.05) is 18.0 Å². The highest BCUT2D eigenvalue weighted by Gasteiger charge is 2.19. The molecular formula is C15H13NO3. The molecule has 0 radical (unpaired) electrons. The van der Waals surface area contributed by atoms with Crippen LogP contribution in [0.4, 0.5) is 0 Å². The van der Waals surface area contributed by atoms with Crippen molar-refractivity contribution in [1.82, 2.24) is 4.98 Å². The van der Waals surface area contributed by atoms with Gasteiger partial charge in [-0.2, -0.15) is 0 Å². The molecular weight excluding hydrogens is 242 g/mol. The molecule has 2 aromatic rings. The summed E-state index contributed by atoms with van der Waals surface area (Å²) >= 11 is 0. The number of carbonyl (C=O) groups is 1. The van der Waals surface area contributed by atoms with Crippen LogP contribution in [0.15, 0.2) is 60.4 Å². The van der Waals surface area contributed by atoms with Gasteiger partial charge in [-0.1, -0.05) is 36.4 Å². The van der Waals surface area contributed by atoms with Crippen molar-refractivity contribution in [2.24, 2.45) is 0 Å². The van der Waals surface area contributed by atoms with Gasteiger partial charge in [0.25, 0.3) is 0 Å². The first-order chi connectivity index (χ1) is 9.18. The van der Waals surface area contributed by atoms with Crippen LogP contribution in [-0.2, 0) is 4.79 Å². The van der Waals surface area contributed by atoms with Crippen LogP contribution in [0.2, 0.25) is 0 Å². The van der Waals surface area contributed by atoms with E-state index in [-0.39, 0.29) is 5.57 Å². The summed E-state index contributed by atoms with van der Waals surface area (Å²) in [5.41, 5.74) is 1.09. The zero-order valence-electron chi connectivity index (χ0n) is 10.1. The van der Waals surface area contributed by atoms with E-state index in [2.05, 4.69) is 4.98 Å². The fourth-order valence-electron chi connectivity index (χ4n) is 1.70. The minimum absolute atomic E-state index is 0.0841. The maximum absolute atomic E-state index is 11.3. The number of aliphatic hydroxyl groups excluding tert-OH is 1. The van der Waals surface area contributed by atoms with Gasteiger partial charge >= 0.3 is 5.97 Å². The largest absolute Gasteiger partial charge is 0.478 e. The first kappa shape index (κ1) is 13.0. The van der Waals surface area contributed by atoms with E-state index in [1.165, 1.54) is 12.3 Å². The van der Waals surface area contributed by atoms with Gasteiger partial charge in [0.05, 0.1) is 5.57 Å². The predicted octanol–water partition coefficient (Wildman–Crippen LogP) is 2.28. The Morgan fingerprint density at radius 3 is 2.47 bits per heavy atom. The predicted molar refractivity (Wildman–Crippen MR) is 71.3 cm³/mol. The molecule has 0 saturated heterocycles. The Bertz CT molecular complexity index is 579.